The fraction of sp³-hybridized carbons (Fsp3) is 0.458. The van der Waals surface area contributed by atoms with Crippen LogP contribution in [-0.4, -0.2) is 47.3 Å². The van der Waals surface area contributed by atoms with Crippen molar-refractivity contribution in [2.75, 3.05) is 24.5 Å². The molecule has 2 aliphatic rings. The summed E-state index contributed by atoms with van der Waals surface area (Å²) in [5.74, 6) is -0.106. The van der Waals surface area contributed by atoms with Gasteiger partial charge in [0.1, 0.15) is 17.2 Å². The van der Waals surface area contributed by atoms with Gasteiger partial charge in [-0.1, -0.05) is 24.3 Å². The Morgan fingerprint density at radius 2 is 1.97 bits per heavy atom. The lowest BCUT2D eigenvalue weighted by molar-refractivity contribution is -0.139. The third kappa shape index (κ3) is 4.59. The first-order valence-electron chi connectivity index (χ1n) is 10.6. The summed E-state index contributed by atoms with van der Waals surface area (Å²) in [4.78, 5) is 15.6. The number of para-hydroxylation sites is 1. The lowest BCUT2D eigenvalue weighted by Gasteiger charge is -2.39. The molecule has 2 heterocycles. The van der Waals surface area contributed by atoms with E-state index in [0.717, 1.165) is 30.6 Å². The third-order valence-electron chi connectivity index (χ3n) is 6.03. The zero-order valence-electron chi connectivity index (χ0n) is 17.6. The van der Waals surface area contributed by atoms with Gasteiger partial charge in [-0.05, 0) is 56.0 Å². The van der Waals surface area contributed by atoms with Gasteiger partial charge in [-0.3, -0.25) is 9.69 Å². The van der Waals surface area contributed by atoms with Crippen molar-refractivity contribution >= 4 is 11.7 Å². The standard InChI is InChI=1S/C24H29FN2O3/c1-24(2)14-18-13-17(7-8-22(18)30-24)15-27(16-23(28)29)19-9-11-26(12-10-19)21-6-4-3-5-20(21)25/h3-8,13,19H,9-12,14-16H2,1-2H3,(H,28,29). The first-order valence-corrected chi connectivity index (χ1v) is 10.6. The van der Waals surface area contributed by atoms with Crippen molar-refractivity contribution in [3.05, 3.63) is 59.4 Å². The topological polar surface area (TPSA) is 53.0 Å². The Morgan fingerprint density at radius 1 is 1.23 bits per heavy atom. The molecule has 0 aliphatic carbocycles. The Kier molecular flexibility index (Phi) is 5.69. The van der Waals surface area contributed by atoms with Crippen LogP contribution in [0.1, 0.15) is 37.8 Å². The minimum atomic E-state index is -0.822. The van der Waals surface area contributed by atoms with Crippen LogP contribution in [0.5, 0.6) is 5.75 Å². The Morgan fingerprint density at radius 3 is 2.67 bits per heavy atom. The summed E-state index contributed by atoms with van der Waals surface area (Å²) in [6.07, 6.45) is 2.47. The van der Waals surface area contributed by atoms with Gasteiger partial charge in [-0.15, -0.1) is 0 Å². The highest BCUT2D eigenvalue weighted by Crippen LogP contribution is 2.35. The maximum atomic E-state index is 14.1. The Bertz CT molecular complexity index is 922. The molecule has 1 N–H and O–H groups in total. The van der Waals surface area contributed by atoms with Crippen LogP contribution >= 0.6 is 0 Å². The van der Waals surface area contributed by atoms with E-state index in [1.807, 2.05) is 23.1 Å². The normalized spacial score (nSPS) is 18.3. The van der Waals surface area contributed by atoms with Gasteiger partial charge >= 0.3 is 5.97 Å². The molecule has 6 heteroatoms. The number of halogens is 1. The Balaban J connectivity index is 1.44. The number of hydrogen-bond acceptors (Lipinski definition) is 4. The molecule has 2 aliphatic heterocycles. The highest BCUT2D eigenvalue weighted by atomic mass is 19.1. The number of benzene rings is 2. The van der Waals surface area contributed by atoms with E-state index in [9.17, 15) is 14.3 Å². The van der Waals surface area contributed by atoms with Crippen molar-refractivity contribution in [3.8, 4) is 5.75 Å². The average Bonchev–Trinajstić information content (AvgIpc) is 3.01. The van der Waals surface area contributed by atoms with Crippen molar-refractivity contribution < 1.29 is 19.0 Å². The summed E-state index contributed by atoms with van der Waals surface area (Å²) in [5.41, 5.74) is 2.72. The van der Waals surface area contributed by atoms with Crippen LogP contribution in [0.15, 0.2) is 42.5 Å². The van der Waals surface area contributed by atoms with E-state index in [2.05, 4.69) is 24.8 Å². The molecule has 0 radical (unpaired) electrons. The summed E-state index contributed by atoms with van der Waals surface area (Å²) in [7, 11) is 0. The van der Waals surface area contributed by atoms with Crippen LogP contribution in [-0.2, 0) is 17.8 Å². The molecule has 2 aromatic rings. The van der Waals surface area contributed by atoms with Crippen molar-refractivity contribution in [2.24, 2.45) is 0 Å². The molecule has 0 saturated carbocycles. The van der Waals surface area contributed by atoms with Crippen LogP contribution in [0, 0.1) is 5.82 Å². The third-order valence-corrected chi connectivity index (χ3v) is 6.03. The van der Waals surface area contributed by atoms with Crippen LogP contribution in [0.4, 0.5) is 10.1 Å². The smallest absolute Gasteiger partial charge is 0.317 e. The molecule has 0 unspecified atom stereocenters. The van der Waals surface area contributed by atoms with E-state index in [1.165, 1.54) is 11.6 Å². The van der Waals surface area contributed by atoms with Gasteiger partial charge < -0.3 is 14.7 Å². The number of carbonyl (C=O) groups is 1. The van der Waals surface area contributed by atoms with Gasteiger partial charge in [0.25, 0.3) is 0 Å². The molecule has 30 heavy (non-hydrogen) atoms. The molecule has 0 amide bonds. The molecule has 1 saturated heterocycles. The van der Waals surface area contributed by atoms with E-state index < -0.39 is 5.97 Å². The number of carboxylic acid groups (broad SMARTS) is 1. The zero-order valence-corrected chi connectivity index (χ0v) is 17.6. The second-order valence-corrected chi connectivity index (χ2v) is 8.95. The van der Waals surface area contributed by atoms with Crippen molar-refractivity contribution in [3.63, 3.8) is 0 Å². The highest BCUT2D eigenvalue weighted by molar-refractivity contribution is 5.69. The predicted octanol–water partition coefficient (Wildman–Crippen LogP) is 4.09. The summed E-state index contributed by atoms with van der Waals surface area (Å²) < 4.78 is 20.1. The highest BCUT2D eigenvalue weighted by Gasteiger charge is 2.31. The molecule has 160 valence electrons. The lowest BCUT2D eigenvalue weighted by Crippen LogP contribution is -2.46. The molecule has 4 rings (SSSR count). The summed E-state index contributed by atoms with van der Waals surface area (Å²) in [6.45, 7) is 6.18. The monoisotopic (exact) mass is 412 g/mol. The molecule has 1 fully saturated rings. The molecule has 5 nitrogen and oxygen atoms in total. The predicted molar refractivity (Wildman–Crippen MR) is 115 cm³/mol. The molecule has 0 atom stereocenters. The number of hydrogen-bond donors (Lipinski definition) is 1. The van der Waals surface area contributed by atoms with Crippen molar-refractivity contribution in [1.29, 1.82) is 0 Å². The number of aliphatic carboxylic acids is 1. The van der Waals surface area contributed by atoms with Gasteiger partial charge in [-0.2, -0.15) is 0 Å². The van der Waals surface area contributed by atoms with E-state index in [-0.39, 0.29) is 24.0 Å². The summed E-state index contributed by atoms with van der Waals surface area (Å²) in [5, 5.41) is 9.46. The quantitative estimate of drug-likeness (QED) is 0.774. The minimum Gasteiger partial charge on any atom is -0.487 e. The summed E-state index contributed by atoms with van der Waals surface area (Å²) in [6, 6.07) is 13.2. The fourth-order valence-corrected chi connectivity index (χ4v) is 4.66. The van der Waals surface area contributed by atoms with Crippen LogP contribution in [0.25, 0.3) is 0 Å². The fourth-order valence-electron chi connectivity index (χ4n) is 4.66. The number of nitrogens with zero attached hydrogens (tertiary/aromatic N) is 2. The minimum absolute atomic E-state index is 0.00342. The second kappa shape index (κ2) is 8.26. The first-order chi connectivity index (χ1) is 14.3. The molecular weight excluding hydrogens is 383 g/mol. The van der Waals surface area contributed by atoms with Crippen molar-refractivity contribution in [2.45, 2.75) is 51.3 Å². The van der Waals surface area contributed by atoms with Crippen LogP contribution in [0.2, 0.25) is 0 Å². The molecule has 0 bridgehead atoms. The maximum Gasteiger partial charge on any atom is 0.317 e. The Hall–Kier alpha value is -2.60. The lowest BCUT2D eigenvalue weighted by atomic mass is 9.98. The largest absolute Gasteiger partial charge is 0.487 e. The van der Waals surface area contributed by atoms with E-state index in [1.54, 1.807) is 12.1 Å². The number of rotatable bonds is 6. The first kappa shape index (κ1) is 20.7. The number of fused-ring (bicyclic) bond motifs is 1. The number of ether oxygens (including phenoxy) is 1. The van der Waals surface area contributed by atoms with E-state index in [0.29, 0.717) is 25.3 Å². The van der Waals surface area contributed by atoms with Crippen LogP contribution in [0.3, 0.4) is 0 Å². The van der Waals surface area contributed by atoms with Gasteiger partial charge in [-0.25, -0.2) is 4.39 Å². The van der Waals surface area contributed by atoms with Gasteiger partial charge in [0.05, 0.1) is 12.2 Å². The summed E-state index contributed by atoms with van der Waals surface area (Å²) >= 11 is 0. The number of anilines is 1. The van der Waals surface area contributed by atoms with Crippen LogP contribution < -0.4 is 9.64 Å². The number of piperidine rings is 1. The second-order valence-electron chi connectivity index (χ2n) is 8.95. The molecule has 0 aromatic heterocycles. The SMILES string of the molecule is CC1(C)Cc2cc(CN(CC(=O)O)C3CCN(c4ccccc4F)CC3)ccc2O1. The van der Waals surface area contributed by atoms with E-state index >= 15 is 0 Å². The molecule has 2 aromatic carbocycles. The Labute approximate surface area is 177 Å². The molecule has 0 spiro atoms. The average molecular weight is 413 g/mol. The maximum absolute atomic E-state index is 14.1. The zero-order chi connectivity index (χ0) is 21.3. The van der Waals surface area contributed by atoms with Gasteiger partial charge in [0, 0.05) is 32.1 Å². The molecular formula is C24H29FN2O3. The van der Waals surface area contributed by atoms with E-state index in [4.69, 9.17) is 4.74 Å². The van der Waals surface area contributed by atoms with Gasteiger partial charge in [0.2, 0.25) is 0 Å². The number of carboxylic acids is 1. The van der Waals surface area contributed by atoms with Gasteiger partial charge in [0.15, 0.2) is 0 Å². The van der Waals surface area contributed by atoms with Crippen molar-refractivity contribution in [1.82, 2.24) is 4.90 Å².